The van der Waals surface area contributed by atoms with Crippen LogP contribution in [0.25, 0.3) is 0 Å². The van der Waals surface area contributed by atoms with E-state index in [4.69, 9.17) is 9.26 Å². The lowest BCUT2D eigenvalue weighted by Crippen LogP contribution is -2.31. The lowest BCUT2D eigenvalue weighted by atomic mass is 10.0. The van der Waals surface area contributed by atoms with Gasteiger partial charge in [-0.3, -0.25) is 0 Å². The van der Waals surface area contributed by atoms with Crippen molar-refractivity contribution in [3.05, 3.63) is 41.5 Å². The molecule has 0 spiro atoms. The summed E-state index contributed by atoms with van der Waals surface area (Å²) in [4.78, 5) is 4.60. The molecule has 6 heteroatoms. The lowest BCUT2D eigenvalue weighted by Gasteiger charge is -2.13. The average Bonchev–Trinajstić information content (AvgIpc) is 3.23. The Balaban J connectivity index is 1.53. The first-order valence-electron chi connectivity index (χ1n) is 7.18. The maximum atomic E-state index is 5.92. The molecule has 1 aromatic carbocycles. The highest BCUT2D eigenvalue weighted by Gasteiger charge is 2.34. The molecule has 1 N–H and O–H groups in total. The highest BCUT2D eigenvalue weighted by atomic mass is 32.2. The summed E-state index contributed by atoms with van der Waals surface area (Å²) in [7, 11) is 1.98. The van der Waals surface area contributed by atoms with Crippen molar-refractivity contribution in [3.63, 3.8) is 0 Å². The number of hydrogen-bond acceptors (Lipinski definition) is 6. The van der Waals surface area contributed by atoms with Crippen LogP contribution < -0.4 is 10.1 Å². The predicted molar refractivity (Wildman–Crippen MR) is 80.7 cm³/mol. The molecule has 2 aromatic rings. The largest absolute Gasteiger partial charge is 0.482 e. The molecule has 110 valence electrons. The summed E-state index contributed by atoms with van der Waals surface area (Å²) in [6.07, 6.45) is 0.686. The van der Waals surface area contributed by atoms with Gasteiger partial charge in [0.05, 0.1) is 5.92 Å². The fraction of sp³-hybridized carbons (Fsp3) is 0.467. The van der Waals surface area contributed by atoms with Gasteiger partial charge in [0.1, 0.15) is 5.75 Å². The first-order chi connectivity index (χ1) is 10.3. The minimum atomic E-state index is -0.123. The second-order valence-electron chi connectivity index (χ2n) is 5.45. The molecule has 3 heterocycles. The van der Waals surface area contributed by atoms with Crippen molar-refractivity contribution < 1.29 is 9.26 Å². The Morgan fingerprint density at radius 2 is 2.19 bits per heavy atom. The number of likely N-dealkylation sites (N-methyl/N-ethyl adjacent to an activating group) is 1. The summed E-state index contributed by atoms with van der Waals surface area (Å²) in [6.45, 7) is 0. The van der Waals surface area contributed by atoms with Crippen LogP contribution in [0.1, 0.15) is 29.3 Å². The summed E-state index contributed by atoms with van der Waals surface area (Å²) >= 11 is 1.92. The molecule has 21 heavy (non-hydrogen) atoms. The molecule has 3 unspecified atom stereocenters. The van der Waals surface area contributed by atoms with Gasteiger partial charge in [-0.25, -0.2) is 0 Å². The van der Waals surface area contributed by atoms with Crippen LogP contribution in [0.2, 0.25) is 0 Å². The monoisotopic (exact) mass is 303 g/mol. The SMILES string of the molecule is CNC1CSCC1c1nc(C2Cc3ccccc3O2)no1. The summed E-state index contributed by atoms with van der Waals surface area (Å²) in [5, 5.41) is 7.47. The molecular weight excluding hydrogens is 286 g/mol. The number of rotatable bonds is 3. The minimum Gasteiger partial charge on any atom is -0.482 e. The Labute approximate surface area is 127 Å². The van der Waals surface area contributed by atoms with Crippen LogP contribution in [0.15, 0.2) is 28.8 Å². The lowest BCUT2D eigenvalue weighted by molar-refractivity contribution is 0.220. The number of nitrogens with zero attached hydrogens (tertiary/aromatic N) is 2. The molecule has 1 saturated heterocycles. The second-order valence-corrected chi connectivity index (χ2v) is 6.52. The molecule has 2 aliphatic rings. The van der Waals surface area contributed by atoms with Crippen LogP contribution in [-0.2, 0) is 6.42 Å². The van der Waals surface area contributed by atoms with Crippen LogP contribution in [0.3, 0.4) is 0 Å². The van der Waals surface area contributed by atoms with E-state index in [2.05, 4.69) is 21.5 Å². The second kappa shape index (κ2) is 5.35. The molecule has 0 amide bonds. The van der Waals surface area contributed by atoms with Gasteiger partial charge in [0.2, 0.25) is 11.7 Å². The fourth-order valence-electron chi connectivity index (χ4n) is 2.94. The van der Waals surface area contributed by atoms with Crippen molar-refractivity contribution in [3.8, 4) is 5.75 Å². The van der Waals surface area contributed by atoms with Gasteiger partial charge in [-0.1, -0.05) is 23.4 Å². The molecule has 3 atom stereocenters. The highest BCUT2D eigenvalue weighted by Crippen LogP contribution is 2.37. The van der Waals surface area contributed by atoms with E-state index in [1.54, 1.807) is 0 Å². The topological polar surface area (TPSA) is 60.2 Å². The summed E-state index contributed by atoms with van der Waals surface area (Å²) in [6, 6.07) is 8.49. The van der Waals surface area contributed by atoms with Crippen molar-refractivity contribution >= 4 is 11.8 Å². The molecule has 1 fully saturated rings. The minimum absolute atomic E-state index is 0.123. The first-order valence-corrected chi connectivity index (χ1v) is 8.33. The van der Waals surface area contributed by atoms with Gasteiger partial charge in [-0.2, -0.15) is 16.7 Å². The summed E-state index contributed by atoms with van der Waals surface area (Å²) < 4.78 is 11.4. The van der Waals surface area contributed by atoms with E-state index >= 15 is 0 Å². The average molecular weight is 303 g/mol. The predicted octanol–water partition coefficient (Wildman–Crippen LogP) is 2.16. The number of thioether (sulfide) groups is 1. The highest BCUT2D eigenvalue weighted by molar-refractivity contribution is 7.99. The van der Waals surface area contributed by atoms with E-state index in [9.17, 15) is 0 Å². The van der Waals surface area contributed by atoms with Gasteiger partial charge >= 0.3 is 0 Å². The van der Waals surface area contributed by atoms with E-state index in [0.717, 1.165) is 29.6 Å². The van der Waals surface area contributed by atoms with Crippen LogP contribution in [0.4, 0.5) is 0 Å². The molecule has 4 rings (SSSR count). The van der Waals surface area contributed by atoms with Crippen molar-refractivity contribution in [2.75, 3.05) is 18.6 Å². The molecular formula is C15H17N3O2S. The van der Waals surface area contributed by atoms with Crippen molar-refractivity contribution in [1.82, 2.24) is 15.5 Å². The number of hydrogen-bond donors (Lipinski definition) is 1. The van der Waals surface area contributed by atoms with Gasteiger partial charge in [-0.05, 0) is 18.7 Å². The zero-order valence-corrected chi connectivity index (χ0v) is 12.6. The quantitative estimate of drug-likeness (QED) is 0.937. The zero-order chi connectivity index (χ0) is 14.2. The number of nitrogens with one attached hydrogen (secondary N) is 1. The van der Waals surface area contributed by atoms with Crippen LogP contribution in [0, 0.1) is 0 Å². The van der Waals surface area contributed by atoms with Gasteiger partial charge in [0.15, 0.2) is 6.10 Å². The summed E-state index contributed by atoms with van der Waals surface area (Å²) in [5.41, 5.74) is 1.21. The Morgan fingerprint density at radius 1 is 1.29 bits per heavy atom. The Morgan fingerprint density at radius 3 is 3.05 bits per heavy atom. The van der Waals surface area contributed by atoms with Crippen LogP contribution in [0.5, 0.6) is 5.75 Å². The number of ether oxygens (including phenoxy) is 1. The van der Waals surface area contributed by atoms with Gasteiger partial charge in [0.25, 0.3) is 0 Å². The molecule has 0 bridgehead atoms. The number of para-hydroxylation sites is 1. The number of fused-ring (bicyclic) bond motifs is 1. The van der Waals surface area contributed by atoms with Crippen molar-refractivity contribution in [2.45, 2.75) is 24.5 Å². The maximum absolute atomic E-state index is 5.92. The number of benzene rings is 1. The Bertz CT molecular complexity index is 620. The fourth-order valence-corrected chi connectivity index (χ4v) is 4.35. The molecule has 2 aliphatic heterocycles. The van der Waals surface area contributed by atoms with E-state index in [0.29, 0.717) is 17.8 Å². The van der Waals surface area contributed by atoms with E-state index in [-0.39, 0.29) is 6.10 Å². The normalized spacial score (nSPS) is 27.6. The third kappa shape index (κ3) is 2.32. The van der Waals surface area contributed by atoms with Crippen LogP contribution >= 0.6 is 11.8 Å². The van der Waals surface area contributed by atoms with Crippen molar-refractivity contribution in [2.24, 2.45) is 0 Å². The van der Waals surface area contributed by atoms with Crippen LogP contribution in [-0.4, -0.2) is 34.7 Å². The van der Waals surface area contributed by atoms with Gasteiger partial charge in [0, 0.05) is 24.0 Å². The Hall–Kier alpha value is -1.53. The molecule has 1 aromatic heterocycles. The standard InChI is InChI=1S/C15H17N3O2S/c1-16-11-8-21-7-10(11)15-17-14(18-20-15)13-6-9-4-2-3-5-12(9)19-13/h2-5,10-11,13,16H,6-8H2,1H3. The third-order valence-corrected chi connectivity index (χ3v) is 5.35. The van der Waals surface area contributed by atoms with E-state index < -0.39 is 0 Å². The molecule has 0 radical (unpaired) electrons. The summed E-state index contributed by atoms with van der Waals surface area (Å²) in [5.74, 6) is 4.73. The molecule has 0 saturated carbocycles. The zero-order valence-electron chi connectivity index (χ0n) is 11.8. The van der Waals surface area contributed by atoms with Gasteiger partial charge in [-0.15, -0.1) is 0 Å². The maximum Gasteiger partial charge on any atom is 0.232 e. The molecule has 5 nitrogen and oxygen atoms in total. The van der Waals surface area contributed by atoms with Crippen molar-refractivity contribution in [1.29, 1.82) is 0 Å². The van der Waals surface area contributed by atoms with Gasteiger partial charge < -0.3 is 14.6 Å². The smallest absolute Gasteiger partial charge is 0.232 e. The molecule has 0 aliphatic carbocycles. The number of aromatic nitrogens is 2. The first kappa shape index (κ1) is 13.2. The Kier molecular flexibility index (Phi) is 3.35. The van der Waals surface area contributed by atoms with E-state index in [1.807, 2.05) is 37.0 Å². The third-order valence-electron chi connectivity index (χ3n) is 4.16. The van der Waals surface area contributed by atoms with E-state index in [1.165, 1.54) is 5.56 Å².